The number of fused-ring (bicyclic) bond motifs is 1. The third-order valence-corrected chi connectivity index (χ3v) is 3.69. The summed E-state index contributed by atoms with van der Waals surface area (Å²) in [5, 5.41) is 3.88. The van der Waals surface area contributed by atoms with Crippen LogP contribution in [0.25, 0.3) is 17.0 Å². The summed E-state index contributed by atoms with van der Waals surface area (Å²) in [6, 6.07) is 13.2. The number of nitrogens with one attached hydrogen (secondary N) is 2. The van der Waals surface area contributed by atoms with Gasteiger partial charge in [-0.25, -0.2) is 0 Å². The van der Waals surface area contributed by atoms with Crippen molar-refractivity contribution in [2.75, 3.05) is 19.5 Å². The molecule has 0 aliphatic rings. The van der Waals surface area contributed by atoms with E-state index in [1.54, 1.807) is 38.5 Å². The van der Waals surface area contributed by atoms with E-state index < -0.39 is 0 Å². The van der Waals surface area contributed by atoms with E-state index in [1.165, 1.54) is 6.08 Å². The fraction of sp³-hybridized carbons (Fsp3) is 0.105. The predicted octanol–water partition coefficient (Wildman–Crippen LogP) is 3.84. The second-order valence-corrected chi connectivity index (χ2v) is 5.18. The van der Waals surface area contributed by atoms with E-state index in [0.717, 1.165) is 16.5 Å². The molecule has 1 heterocycles. The van der Waals surface area contributed by atoms with Crippen molar-refractivity contribution < 1.29 is 14.3 Å². The molecule has 0 saturated heterocycles. The van der Waals surface area contributed by atoms with Crippen molar-refractivity contribution >= 4 is 28.6 Å². The summed E-state index contributed by atoms with van der Waals surface area (Å²) in [6.07, 6.45) is 5.17. The van der Waals surface area contributed by atoms with Crippen LogP contribution in [0.1, 0.15) is 5.56 Å². The number of methoxy groups -OCH3 is 2. The van der Waals surface area contributed by atoms with E-state index in [-0.39, 0.29) is 5.91 Å². The normalized spacial score (nSPS) is 10.9. The number of H-pyrrole nitrogens is 1. The van der Waals surface area contributed by atoms with Gasteiger partial charge in [-0.3, -0.25) is 4.79 Å². The molecule has 0 atom stereocenters. The molecule has 5 heteroatoms. The highest BCUT2D eigenvalue weighted by Crippen LogP contribution is 2.29. The molecule has 5 nitrogen and oxygen atoms in total. The molecule has 1 amide bonds. The minimum atomic E-state index is -0.215. The number of ether oxygens (including phenoxy) is 2. The van der Waals surface area contributed by atoms with Gasteiger partial charge in [-0.15, -0.1) is 0 Å². The molecule has 0 aliphatic heterocycles. The van der Waals surface area contributed by atoms with Crippen LogP contribution in [0.3, 0.4) is 0 Å². The van der Waals surface area contributed by atoms with E-state index in [4.69, 9.17) is 9.47 Å². The van der Waals surface area contributed by atoms with Crippen molar-refractivity contribution in [1.82, 2.24) is 4.98 Å². The Morgan fingerprint density at radius 3 is 2.67 bits per heavy atom. The molecule has 0 saturated carbocycles. The zero-order valence-electron chi connectivity index (χ0n) is 13.5. The summed E-state index contributed by atoms with van der Waals surface area (Å²) in [7, 11) is 3.13. The molecule has 0 radical (unpaired) electrons. The number of para-hydroxylation sites is 1. The molecule has 0 unspecified atom stereocenters. The summed E-state index contributed by atoms with van der Waals surface area (Å²) in [4.78, 5) is 15.3. The molecule has 0 spiro atoms. The summed E-state index contributed by atoms with van der Waals surface area (Å²) >= 11 is 0. The largest absolute Gasteiger partial charge is 0.493 e. The van der Waals surface area contributed by atoms with Gasteiger partial charge in [0.15, 0.2) is 11.5 Å². The molecule has 2 N–H and O–H groups in total. The Morgan fingerprint density at radius 2 is 1.88 bits per heavy atom. The number of carbonyl (C=O) groups is 1. The predicted molar refractivity (Wildman–Crippen MR) is 95.5 cm³/mol. The second-order valence-electron chi connectivity index (χ2n) is 5.18. The molecule has 122 valence electrons. The number of rotatable bonds is 5. The van der Waals surface area contributed by atoms with Gasteiger partial charge in [-0.1, -0.05) is 18.2 Å². The average Bonchev–Trinajstić information content (AvgIpc) is 3.03. The van der Waals surface area contributed by atoms with Crippen molar-refractivity contribution in [1.29, 1.82) is 0 Å². The number of amides is 1. The first kappa shape index (κ1) is 15.7. The quantitative estimate of drug-likeness (QED) is 0.702. The Morgan fingerprint density at radius 1 is 1.08 bits per heavy atom. The smallest absolute Gasteiger partial charge is 0.248 e. The monoisotopic (exact) mass is 322 g/mol. The fourth-order valence-electron chi connectivity index (χ4n) is 2.50. The first-order valence-electron chi connectivity index (χ1n) is 7.48. The van der Waals surface area contributed by atoms with E-state index >= 15 is 0 Å². The Hall–Kier alpha value is -3.21. The van der Waals surface area contributed by atoms with Gasteiger partial charge in [0, 0.05) is 34.9 Å². The Labute approximate surface area is 139 Å². The third-order valence-electron chi connectivity index (χ3n) is 3.69. The minimum absolute atomic E-state index is 0.215. The summed E-state index contributed by atoms with van der Waals surface area (Å²) < 4.78 is 10.4. The molecule has 3 aromatic rings. The molecule has 24 heavy (non-hydrogen) atoms. The van der Waals surface area contributed by atoms with Crippen LogP contribution in [0.2, 0.25) is 0 Å². The van der Waals surface area contributed by atoms with Crippen molar-refractivity contribution in [2.45, 2.75) is 0 Å². The summed E-state index contributed by atoms with van der Waals surface area (Å²) in [6.45, 7) is 0. The SMILES string of the molecule is COc1ccc(NC(=O)/C=C/c2c[nH]c3ccccc23)cc1OC. The van der Waals surface area contributed by atoms with Gasteiger partial charge < -0.3 is 19.8 Å². The fourth-order valence-corrected chi connectivity index (χ4v) is 2.50. The van der Waals surface area contributed by atoms with Crippen LogP contribution in [-0.2, 0) is 4.79 Å². The van der Waals surface area contributed by atoms with Crippen molar-refractivity contribution in [2.24, 2.45) is 0 Å². The van der Waals surface area contributed by atoms with Gasteiger partial charge in [0.25, 0.3) is 0 Å². The topological polar surface area (TPSA) is 63.3 Å². The summed E-state index contributed by atoms with van der Waals surface area (Å²) in [5.74, 6) is 0.966. The lowest BCUT2D eigenvalue weighted by Gasteiger charge is -2.09. The van der Waals surface area contributed by atoms with Crippen molar-refractivity contribution in [3.05, 3.63) is 60.3 Å². The molecule has 1 aromatic heterocycles. The maximum atomic E-state index is 12.1. The zero-order chi connectivity index (χ0) is 16.9. The highest BCUT2D eigenvalue weighted by molar-refractivity contribution is 6.03. The molecule has 2 aromatic carbocycles. The van der Waals surface area contributed by atoms with Crippen molar-refractivity contribution in [3.63, 3.8) is 0 Å². The number of hydrogen-bond acceptors (Lipinski definition) is 3. The number of benzene rings is 2. The first-order chi connectivity index (χ1) is 11.7. The molecule has 0 bridgehead atoms. The van der Waals surface area contributed by atoms with E-state index in [1.807, 2.05) is 30.5 Å². The third kappa shape index (κ3) is 3.25. The number of anilines is 1. The number of aromatic nitrogens is 1. The molecular weight excluding hydrogens is 304 g/mol. The van der Waals surface area contributed by atoms with Crippen LogP contribution in [-0.4, -0.2) is 25.1 Å². The van der Waals surface area contributed by atoms with E-state index in [2.05, 4.69) is 10.3 Å². The van der Waals surface area contributed by atoms with Gasteiger partial charge in [0.1, 0.15) is 0 Å². The van der Waals surface area contributed by atoms with Crippen LogP contribution < -0.4 is 14.8 Å². The van der Waals surface area contributed by atoms with Crippen LogP contribution in [0.5, 0.6) is 11.5 Å². The van der Waals surface area contributed by atoms with E-state index in [9.17, 15) is 4.79 Å². The number of hydrogen-bond donors (Lipinski definition) is 2. The highest BCUT2D eigenvalue weighted by Gasteiger charge is 2.06. The highest BCUT2D eigenvalue weighted by atomic mass is 16.5. The van der Waals surface area contributed by atoms with Crippen LogP contribution in [0.15, 0.2) is 54.7 Å². The van der Waals surface area contributed by atoms with Gasteiger partial charge in [-0.05, 0) is 29.8 Å². The first-order valence-corrected chi connectivity index (χ1v) is 7.48. The zero-order valence-corrected chi connectivity index (χ0v) is 13.5. The lowest BCUT2D eigenvalue weighted by Crippen LogP contribution is -2.07. The maximum absolute atomic E-state index is 12.1. The average molecular weight is 322 g/mol. The lowest BCUT2D eigenvalue weighted by molar-refractivity contribution is -0.111. The second kappa shape index (κ2) is 6.91. The summed E-state index contributed by atoms with van der Waals surface area (Å²) in [5.41, 5.74) is 2.65. The maximum Gasteiger partial charge on any atom is 0.248 e. The van der Waals surface area contributed by atoms with Crippen LogP contribution in [0.4, 0.5) is 5.69 Å². The van der Waals surface area contributed by atoms with Gasteiger partial charge in [0.2, 0.25) is 5.91 Å². The van der Waals surface area contributed by atoms with Gasteiger partial charge in [-0.2, -0.15) is 0 Å². The molecular formula is C19H18N2O3. The molecule has 0 fully saturated rings. The molecule has 3 rings (SSSR count). The van der Waals surface area contributed by atoms with Crippen LogP contribution >= 0.6 is 0 Å². The molecule has 0 aliphatic carbocycles. The van der Waals surface area contributed by atoms with Crippen molar-refractivity contribution in [3.8, 4) is 11.5 Å². The number of carbonyl (C=O) groups excluding carboxylic acids is 1. The van der Waals surface area contributed by atoms with Gasteiger partial charge in [0.05, 0.1) is 14.2 Å². The lowest BCUT2D eigenvalue weighted by atomic mass is 10.1. The standard InChI is InChI=1S/C19H18N2O3/c1-23-17-9-8-14(11-18(17)24-2)21-19(22)10-7-13-12-20-16-6-4-3-5-15(13)16/h3-12,20H,1-2H3,(H,21,22)/b10-7+. The minimum Gasteiger partial charge on any atom is -0.493 e. The van der Waals surface area contributed by atoms with E-state index in [0.29, 0.717) is 17.2 Å². The Kier molecular flexibility index (Phi) is 4.52. The van der Waals surface area contributed by atoms with Gasteiger partial charge >= 0.3 is 0 Å². The van der Waals surface area contributed by atoms with Crippen LogP contribution in [0, 0.1) is 0 Å². The number of aromatic amines is 1. The Bertz CT molecular complexity index is 897. The Balaban J connectivity index is 1.73.